The predicted octanol–water partition coefficient (Wildman–Crippen LogP) is 2.46. The van der Waals surface area contributed by atoms with Crippen molar-refractivity contribution in [2.75, 3.05) is 18.1 Å². The van der Waals surface area contributed by atoms with Crippen LogP contribution in [0.5, 0.6) is 0 Å². The molecule has 1 saturated heterocycles. The molecule has 1 aliphatic carbocycles. The molecule has 0 aromatic heterocycles. The molecule has 98 valence electrons. The standard InChI is InChI=1S/C15H22N2O/c1-11(16)12-5-7-13(8-6-12)17-9-10-18-15-4-2-3-14(15)17/h5-8,11,14-15H,2-4,9-10,16H2,1H3/t11-,14?,15?/m0/s1. The Hall–Kier alpha value is -1.06. The summed E-state index contributed by atoms with van der Waals surface area (Å²) >= 11 is 0. The fourth-order valence-corrected chi connectivity index (χ4v) is 3.22. The number of fused-ring (bicyclic) bond motifs is 1. The first-order chi connectivity index (χ1) is 8.75. The molecule has 0 radical (unpaired) electrons. The van der Waals surface area contributed by atoms with Crippen molar-refractivity contribution in [2.45, 2.75) is 44.4 Å². The first kappa shape index (κ1) is 12.0. The molecule has 2 fully saturated rings. The monoisotopic (exact) mass is 246 g/mol. The molecule has 2 unspecified atom stereocenters. The molecule has 3 heteroatoms. The van der Waals surface area contributed by atoms with Gasteiger partial charge in [0, 0.05) is 18.3 Å². The maximum Gasteiger partial charge on any atom is 0.0779 e. The van der Waals surface area contributed by atoms with Gasteiger partial charge >= 0.3 is 0 Å². The van der Waals surface area contributed by atoms with E-state index >= 15 is 0 Å². The van der Waals surface area contributed by atoms with Gasteiger partial charge in [-0.3, -0.25) is 0 Å². The maximum atomic E-state index is 5.89. The van der Waals surface area contributed by atoms with Crippen molar-refractivity contribution in [3.05, 3.63) is 29.8 Å². The fourth-order valence-electron chi connectivity index (χ4n) is 3.22. The Kier molecular flexibility index (Phi) is 3.27. The van der Waals surface area contributed by atoms with Crippen molar-refractivity contribution >= 4 is 5.69 Å². The third-order valence-electron chi connectivity index (χ3n) is 4.23. The van der Waals surface area contributed by atoms with Crippen molar-refractivity contribution in [1.82, 2.24) is 0 Å². The Morgan fingerprint density at radius 1 is 1.28 bits per heavy atom. The molecule has 3 rings (SSSR count). The summed E-state index contributed by atoms with van der Waals surface area (Å²) in [6, 6.07) is 9.42. The molecule has 2 aliphatic rings. The van der Waals surface area contributed by atoms with Gasteiger partial charge in [-0.2, -0.15) is 0 Å². The quantitative estimate of drug-likeness (QED) is 0.871. The molecule has 1 aromatic carbocycles. The lowest BCUT2D eigenvalue weighted by Gasteiger charge is -2.39. The van der Waals surface area contributed by atoms with E-state index < -0.39 is 0 Å². The average molecular weight is 246 g/mol. The van der Waals surface area contributed by atoms with Crippen LogP contribution in [0.15, 0.2) is 24.3 Å². The molecule has 1 heterocycles. The first-order valence-electron chi connectivity index (χ1n) is 6.99. The highest BCUT2D eigenvalue weighted by Crippen LogP contribution is 2.33. The van der Waals surface area contributed by atoms with Gasteiger partial charge in [0.2, 0.25) is 0 Å². The second kappa shape index (κ2) is 4.90. The van der Waals surface area contributed by atoms with E-state index in [1.165, 1.54) is 30.5 Å². The van der Waals surface area contributed by atoms with E-state index in [2.05, 4.69) is 29.2 Å². The first-order valence-corrected chi connectivity index (χ1v) is 6.99. The molecule has 3 atom stereocenters. The molecule has 0 spiro atoms. The molecular formula is C15H22N2O. The molecular weight excluding hydrogens is 224 g/mol. The van der Waals surface area contributed by atoms with Crippen molar-refractivity contribution in [3.63, 3.8) is 0 Å². The third kappa shape index (κ3) is 2.13. The maximum absolute atomic E-state index is 5.89. The van der Waals surface area contributed by atoms with Gasteiger partial charge in [0.25, 0.3) is 0 Å². The van der Waals surface area contributed by atoms with Crippen LogP contribution in [-0.2, 0) is 4.74 Å². The molecule has 3 nitrogen and oxygen atoms in total. The lowest BCUT2D eigenvalue weighted by Crippen LogP contribution is -2.48. The van der Waals surface area contributed by atoms with Crippen molar-refractivity contribution in [3.8, 4) is 0 Å². The Bertz CT molecular complexity index is 401. The fraction of sp³-hybridized carbons (Fsp3) is 0.600. The van der Waals surface area contributed by atoms with Gasteiger partial charge in [-0.15, -0.1) is 0 Å². The van der Waals surface area contributed by atoms with Crippen LogP contribution in [0.4, 0.5) is 5.69 Å². The number of hydrogen-bond donors (Lipinski definition) is 1. The number of anilines is 1. The zero-order valence-corrected chi connectivity index (χ0v) is 11.0. The van der Waals surface area contributed by atoms with Gasteiger partial charge in [-0.1, -0.05) is 12.1 Å². The Labute approximate surface area is 109 Å². The number of rotatable bonds is 2. The van der Waals surface area contributed by atoms with E-state index in [-0.39, 0.29) is 6.04 Å². The third-order valence-corrected chi connectivity index (χ3v) is 4.23. The number of nitrogens with zero attached hydrogens (tertiary/aromatic N) is 1. The number of hydrogen-bond acceptors (Lipinski definition) is 3. The smallest absolute Gasteiger partial charge is 0.0779 e. The van der Waals surface area contributed by atoms with Gasteiger partial charge in [-0.25, -0.2) is 0 Å². The lowest BCUT2D eigenvalue weighted by molar-refractivity contribution is 0.0256. The second-order valence-corrected chi connectivity index (χ2v) is 5.48. The lowest BCUT2D eigenvalue weighted by atomic mass is 10.1. The highest BCUT2D eigenvalue weighted by atomic mass is 16.5. The average Bonchev–Trinajstić information content (AvgIpc) is 2.87. The minimum atomic E-state index is 0.114. The van der Waals surface area contributed by atoms with Gasteiger partial charge < -0.3 is 15.4 Å². The van der Waals surface area contributed by atoms with Crippen LogP contribution in [0.2, 0.25) is 0 Å². The van der Waals surface area contributed by atoms with Gasteiger partial charge in [-0.05, 0) is 43.9 Å². The van der Waals surface area contributed by atoms with E-state index in [1.807, 2.05) is 6.92 Å². The van der Waals surface area contributed by atoms with E-state index in [0.29, 0.717) is 12.1 Å². The Morgan fingerprint density at radius 3 is 2.78 bits per heavy atom. The summed E-state index contributed by atoms with van der Waals surface area (Å²) in [5.41, 5.74) is 8.42. The molecule has 18 heavy (non-hydrogen) atoms. The highest BCUT2D eigenvalue weighted by molar-refractivity contribution is 5.50. The minimum absolute atomic E-state index is 0.114. The van der Waals surface area contributed by atoms with Crippen LogP contribution >= 0.6 is 0 Å². The SMILES string of the molecule is C[C@H](N)c1ccc(N2CCOC3CCCC32)cc1. The van der Waals surface area contributed by atoms with Gasteiger partial charge in [0.15, 0.2) is 0 Å². The number of morpholine rings is 1. The van der Waals surface area contributed by atoms with Crippen LogP contribution in [0, 0.1) is 0 Å². The van der Waals surface area contributed by atoms with Crippen LogP contribution in [0.25, 0.3) is 0 Å². The Morgan fingerprint density at radius 2 is 2.06 bits per heavy atom. The summed E-state index contributed by atoms with van der Waals surface area (Å²) in [7, 11) is 0. The van der Waals surface area contributed by atoms with E-state index in [0.717, 1.165) is 13.2 Å². The van der Waals surface area contributed by atoms with Crippen molar-refractivity contribution in [1.29, 1.82) is 0 Å². The molecule has 1 saturated carbocycles. The summed E-state index contributed by atoms with van der Waals surface area (Å²) in [6.45, 7) is 3.89. The number of benzene rings is 1. The number of ether oxygens (including phenoxy) is 1. The van der Waals surface area contributed by atoms with Crippen LogP contribution in [0.1, 0.15) is 37.8 Å². The molecule has 0 bridgehead atoms. The number of nitrogens with two attached hydrogens (primary N) is 1. The topological polar surface area (TPSA) is 38.5 Å². The Balaban J connectivity index is 1.80. The molecule has 1 aliphatic heterocycles. The van der Waals surface area contributed by atoms with Gasteiger partial charge in [0.05, 0.1) is 18.8 Å². The summed E-state index contributed by atoms with van der Waals surface area (Å²) in [4.78, 5) is 2.52. The summed E-state index contributed by atoms with van der Waals surface area (Å²) < 4.78 is 5.85. The van der Waals surface area contributed by atoms with Crippen molar-refractivity contribution in [2.24, 2.45) is 5.73 Å². The molecule has 0 amide bonds. The molecule has 1 aromatic rings. The zero-order chi connectivity index (χ0) is 12.5. The highest BCUT2D eigenvalue weighted by Gasteiger charge is 2.35. The second-order valence-electron chi connectivity index (χ2n) is 5.48. The molecule has 2 N–H and O–H groups in total. The van der Waals surface area contributed by atoms with Crippen LogP contribution in [0.3, 0.4) is 0 Å². The minimum Gasteiger partial charge on any atom is -0.374 e. The van der Waals surface area contributed by atoms with Crippen molar-refractivity contribution < 1.29 is 4.74 Å². The normalized spacial score (nSPS) is 29.1. The summed E-state index contributed by atoms with van der Waals surface area (Å²) in [5, 5.41) is 0. The van der Waals surface area contributed by atoms with Crippen LogP contribution < -0.4 is 10.6 Å². The van der Waals surface area contributed by atoms with E-state index in [1.54, 1.807) is 0 Å². The van der Waals surface area contributed by atoms with Gasteiger partial charge in [0.1, 0.15) is 0 Å². The summed E-state index contributed by atoms with van der Waals surface area (Å²) in [6.07, 6.45) is 4.23. The van der Waals surface area contributed by atoms with E-state index in [9.17, 15) is 0 Å². The van der Waals surface area contributed by atoms with E-state index in [4.69, 9.17) is 10.5 Å². The summed E-state index contributed by atoms with van der Waals surface area (Å²) in [5.74, 6) is 0. The predicted molar refractivity (Wildman–Crippen MR) is 73.8 cm³/mol. The largest absolute Gasteiger partial charge is 0.374 e. The van der Waals surface area contributed by atoms with Crippen LogP contribution in [-0.4, -0.2) is 25.3 Å². The zero-order valence-electron chi connectivity index (χ0n) is 11.0.